The normalized spacial score (nSPS) is 13.8. The molecular weight excluding hydrogens is 436 g/mol. The van der Waals surface area contributed by atoms with Crippen molar-refractivity contribution in [2.24, 2.45) is 0 Å². The van der Waals surface area contributed by atoms with Gasteiger partial charge in [0.2, 0.25) is 0 Å². The average Bonchev–Trinajstić information content (AvgIpc) is 3.06. The van der Waals surface area contributed by atoms with E-state index in [4.69, 9.17) is 4.74 Å². The van der Waals surface area contributed by atoms with Crippen LogP contribution in [0.4, 0.5) is 16.2 Å². The second-order valence-electron chi connectivity index (χ2n) is 8.03. The highest BCUT2D eigenvalue weighted by molar-refractivity contribution is 7.09. The Balaban J connectivity index is 1.27. The van der Waals surface area contributed by atoms with Crippen LogP contribution in [0.15, 0.2) is 53.9 Å². The third-order valence-corrected chi connectivity index (χ3v) is 6.28. The highest BCUT2D eigenvalue weighted by atomic mass is 32.1. The zero-order valence-electron chi connectivity index (χ0n) is 18.7. The third-order valence-electron chi connectivity index (χ3n) is 5.46. The predicted molar refractivity (Wildman–Crippen MR) is 131 cm³/mol. The minimum absolute atomic E-state index is 0.0686. The molecule has 1 aliphatic heterocycles. The number of likely N-dealkylation sites (tertiary alicyclic amines) is 1. The van der Waals surface area contributed by atoms with Crippen LogP contribution in [0, 0.1) is 6.92 Å². The Labute approximate surface area is 197 Å². The molecule has 2 heterocycles. The van der Waals surface area contributed by atoms with Gasteiger partial charge in [-0.3, -0.25) is 4.79 Å². The fourth-order valence-electron chi connectivity index (χ4n) is 3.65. The van der Waals surface area contributed by atoms with Crippen LogP contribution >= 0.6 is 11.3 Å². The molecule has 3 aromatic rings. The lowest BCUT2D eigenvalue weighted by Gasteiger charge is -2.20. The van der Waals surface area contributed by atoms with Crippen molar-refractivity contribution in [3.05, 3.63) is 70.2 Å². The number of aryl methyl sites for hydroxylation is 1. The Morgan fingerprint density at radius 3 is 2.18 bits per heavy atom. The van der Waals surface area contributed by atoms with Crippen molar-refractivity contribution in [2.75, 3.05) is 23.7 Å². The molecule has 2 N–H and O–H groups in total. The number of nitrogens with one attached hydrogen (secondary N) is 2. The topological polar surface area (TPSA) is 83.6 Å². The summed E-state index contributed by atoms with van der Waals surface area (Å²) in [7, 11) is 0. The molecule has 0 aliphatic carbocycles. The first-order chi connectivity index (χ1) is 16.1. The van der Waals surface area contributed by atoms with E-state index in [1.54, 1.807) is 59.9 Å². The summed E-state index contributed by atoms with van der Waals surface area (Å²) in [5, 5.41) is 8.80. The molecule has 1 fully saturated rings. The van der Waals surface area contributed by atoms with E-state index < -0.39 is 0 Å². The van der Waals surface area contributed by atoms with Gasteiger partial charge in [0, 0.05) is 35.4 Å². The summed E-state index contributed by atoms with van der Waals surface area (Å²) in [5.74, 6) is 0.472. The molecule has 1 aromatic heterocycles. The highest BCUT2D eigenvalue weighted by Crippen LogP contribution is 2.19. The molecule has 172 valence electrons. The van der Waals surface area contributed by atoms with Crippen LogP contribution in [-0.2, 0) is 6.61 Å². The number of carbonyl (C=O) groups excluding carboxylic acids is 2. The second kappa shape index (κ2) is 11.0. The number of anilines is 2. The van der Waals surface area contributed by atoms with Gasteiger partial charge in [-0.05, 0) is 68.3 Å². The van der Waals surface area contributed by atoms with Gasteiger partial charge >= 0.3 is 6.03 Å². The van der Waals surface area contributed by atoms with Crippen LogP contribution in [0.1, 0.15) is 46.7 Å². The Morgan fingerprint density at radius 1 is 0.939 bits per heavy atom. The average molecular weight is 465 g/mol. The number of urea groups is 1. The zero-order chi connectivity index (χ0) is 23.0. The molecule has 0 bridgehead atoms. The summed E-state index contributed by atoms with van der Waals surface area (Å²) in [6, 6.07) is 14.1. The lowest BCUT2D eigenvalue weighted by Crippen LogP contribution is -2.35. The minimum atomic E-state index is -0.210. The van der Waals surface area contributed by atoms with E-state index in [2.05, 4.69) is 15.6 Å². The number of thiazole rings is 1. The van der Waals surface area contributed by atoms with E-state index in [1.165, 1.54) is 12.8 Å². The van der Waals surface area contributed by atoms with Crippen LogP contribution in [0.3, 0.4) is 0 Å². The van der Waals surface area contributed by atoms with Gasteiger partial charge in [-0.15, -0.1) is 11.3 Å². The number of rotatable bonds is 6. The number of ether oxygens (including phenoxy) is 1. The van der Waals surface area contributed by atoms with Gasteiger partial charge in [-0.1, -0.05) is 12.8 Å². The largest absolute Gasteiger partial charge is 0.487 e. The van der Waals surface area contributed by atoms with Crippen molar-refractivity contribution in [1.29, 1.82) is 0 Å². The van der Waals surface area contributed by atoms with Crippen LogP contribution in [0.2, 0.25) is 0 Å². The molecule has 2 aromatic carbocycles. The number of benzene rings is 2. The highest BCUT2D eigenvalue weighted by Gasteiger charge is 2.15. The first kappa shape index (κ1) is 22.8. The lowest BCUT2D eigenvalue weighted by molar-refractivity contribution is 0.102. The zero-order valence-corrected chi connectivity index (χ0v) is 19.5. The van der Waals surface area contributed by atoms with Crippen molar-refractivity contribution in [3.63, 3.8) is 0 Å². The number of carbonyl (C=O) groups is 2. The van der Waals surface area contributed by atoms with E-state index in [0.717, 1.165) is 36.6 Å². The van der Waals surface area contributed by atoms with Gasteiger partial charge in [0.05, 0.1) is 10.7 Å². The van der Waals surface area contributed by atoms with Gasteiger partial charge in [0.15, 0.2) is 0 Å². The summed E-state index contributed by atoms with van der Waals surface area (Å²) in [4.78, 5) is 31.3. The summed E-state index contributed by atoms with van der Waals surface area (Å²) >= 11 is 1.59. The molecule has 1 aliphatic rings. The van der Waals surface area contributed by atoms with Crippen molar-refractivity contribution in [1.82, 2.24) is 9.88 Å². The summed E-state index contributed by atoms with van der Waals surface area (Å²) in [6.45, 7) is 3.96. The van der Waals surface area contributed by atoms with Crippen LogP contribution in [0.5, 0.6) is 5.75 Å². The molecule has 1 saturated heterocycles. The van der Waals surface area contributed by atoms with E-state index in [-0.39, 0.29) is 11.9 Å². The maximum absolute atomic E-state index is 12.6. The predicted octanol–water partition coefficient (Wildman–Crippen LogP) is 5.69. The number of hydrogen-bond donors (Lipinski definition) is 2. The van der Waals surface area contributed by atoms with Gasteiger partial charge in [-0.2, -0.15) is 0 Å². The van der Waals surface area contributed by atoms with Gasteiger partial charge in [0.25, 0.3) is 5.91 Å². The molecule has 3 amide bonds. The summed E-state index contributed by atoms with van der Waals surface area (Å²) in [6.07, 6.45) is 4.47. The van der Waals surface area contributed by atoms with E-state index in [1.807, 2.05) is 17.2 Å². The Hall–Kier alpha value is -3.39. The molecule has 0 unspecified atom stereocenters. The Morgan fingerprint density at radius 2 is 1.58 bits per heavy atom. The van der Waals surface area contributed by atoms with Crippen LogP contribution in [0.25, 0.3) is 0 Å². The SMILES string of the molecule is Cc1nc(COc2ccc(C(=O)Nc3ccc(NC(=O)N4CCCCCC4)cc3)cc2)cs1. The van der Waals surface area contributed by atoms with Crippen LogP contribution < -0.4 is 15.4 Å². The first-order valence-electron chi connectivity index (χ1n) is 11.2. The molecule has 4 rings (SSSR count). The van der Waals surface area contributed by atoms with E-state index in [0.29, 0.717) is 29.3 Å². The number of aromatic nitrogens is 1. The Bertz CT molecular complexity index is 1070. The monoisotopic (exact) mass is 464 g/mol. The number of hydrogen-bond acceptors (Lipinski definition) is 5. The fourth-order valence-corrected chi connectivity index (χ4v) is 4.25. The fraction of sp³-hybridized carbons (Fsp3) is 0.320. The number of amides is 3. The maximum Gasteiger partial charge on any atom is 0.321 e. The minimum Gasteiger partial charge on any atom is -0.487 e. The van der Waals surface area contributed by atoms with E-state index in [9.17, 15) is 9.59 Å². The third kappa shape index (κ3) is 6.55. The molecule has 7 nitrogen and oxygen atoms in total. The Kier molecular flexibility index (Phi) is 7.57. The molecule has 0 radical (unpaired) electrons. The molecule has 0 spiro atoms. The van der Waals surface area contributed by atoms with E-state index >= 15 is 0 Å². The molecule has 0 atom stereocenters. The van der Waals surface area contributed by atoms with Crippen molar-refractivity contribution in [2.45, 2.75) is 39.2 Å². The van der Waals surface area contributed by atoms with Crippen molar-refractivity contribution >= 4 is 34.6 Å². The molecule has 0 saturated carbocycles. The molecular formula is C25H28N4O3S. The maximum atomic E-state index is 12.6. The van der Waals surface area contributed by atoms with Crippen molar-refractivity contribution < 1.29 is 14.3 Å². The second-order valence-corrected chi connectivity index (χ2v) is 9.10. The molecule has 33 heavy (non-hydrogen) atoms. The first-order valence-corrected chi connectivity index (χ1v) is 12.1. The van der Waals surface area contributed by atoms with Gasteiger partial charge < -0.3 is 20.3 Å². The standard InChI is InChI=1S/C25H28N4O3S/c1-18-26-22(17-33-18)16-32-23-12-6-19(7-13-23)24(30)27-20-8-10-21(11-9-20)28-25(31)29-14-4-2-3-5-15-29/h6-13,17H,2-5,14-16H2,1H3,(H,27,30)(H,28,31). The molecule has 8 heteroatoms. The lowest BCUT2D eigenvalue weighted by atomic mass is 10.2. The van der Waals surface area contributed by atoms with Crippen molar-refractivity contribution in [3.8, 4) is 5.75 Å². The number of nitrogens with zero attached hydrogens (tertiary/aromatic N) is 2. The smallest absolute Gasteiger partial charge is 0.321 e. The quantitative estimate of drug-likeness (QED) is 0.491. The van der Waals surface area contributed by atoms with Gasteiger partial charge in [-0.25, -0.2) is 9.78 Å². The van der Waals surface area contributed by atoms with Gasteiger partial charge in [0.1, 0.15) is 12.4 Å². The summed E-state index contributed by atoms with van der Waals surface area (Å²) in [5.41, 5.74) is 2.79. The summed E-state index contributed by atoms with van der Waals surface area (Å²) < 4.78 is 5.73. The van der Waals surface area contributed by atoms with Crippen LogP contribution in [-0.4, -0.2) is 34.9 Å².